The molecule has 0 saturated heterocycles. The van der Waals surface area contributed by atoms with Gasteiger partial charge in [-0.2, -0.15) is 0 Å². The van der Waals surface area contributed by atoms with E-state index in [2.05, 4.69) is 29.1 Å². The van der Waals surface area contributed by atoms with Gasteiger partial charge in [0.2, 0.25) is 0 Å². The van der Waals surface area contributed by atoms with Crippen LogP contribution in [0.3, 0.4) is 0 Å². The maximum absolute atomic E-state index is 9.20. The van der Waals surface area contributed by atoms with Crippen molar-refractivity contribution in [3.63, 3.8) is 0 Å². The maximum Gasteiger partial charge on any atom is 0.163 e. The van der Waals surface area contributed by atoms with Crippen LogP contribution in [-0.2, 0) is 0 Å². The standard InChI is InChI=1S/C16H22N4O/c1-3-16(2,9-10-21)20-14-11-13(17)18-15(19-14)12-7-5-4-6-8-12/h4-8,11,21H,3,9-10H2,1-2H3,(H3,17,18,19,20). The largest absolute Gasteiger partial charge is 0.396 e. The SMILES string of the molecule is CCC(C)(CCO)Nc1cc(N)nc(-c2ccccc2)n1. The molecule has 1 unspecified atom stereocenters. The van der Waals surface area contributed by atoms with Gasteiger partial charge in [-0.15, -0.1) is 0 Å². The molecule has 2 rings (SSSR count). The van der Waals surface area contributed by atoms with Crippen molar-refractivity contribution in [1.82, 2.24) is 9.97 Å². The molecular weight excluding hydrogens is 264 g/mol. The van der Waals surface area contributed by atoms with Crippen molar-refractivity contribution in [2.75, 3.05) is 17.7 Å². The maximum atomic E-state index is 9.20. The van der Waals surface area contributed by atoms with Gasteiger partial charge < -0.3 is 16.2 Å². The van der Waals surface area contributed by atoms with Crippen LogP contribution in [0.2, 0.25) is 0 Å². The Balaban J connectivity index is 2.31. The number of anilines is 2. The summed E-state index contributed by atoms with van der Waals surface area (Å²) >= 11 is 0. The number of hydrogen-bond donors (Lipinski definition) is 3. The number of nitrogens with two attached hydrogens (primary N) is 1. The highest BCUT2D eigenvalue weighted by atomic mass is 16.3. The number of aromatic nitrogens is 2. The summed E-state index contributed by atoms with van der Waals surface area (Å²) < 4.78 is 0. The van der Waals surface area contributed by atoms with Crippen LogP contribution in [0.1, 0.15) is 26.7 Å². The topological polar surface area (TPSA) is 84.1 Å². The molecule has 0 aliphatic rings. The number of benzene rings is 1. The second kappa shape index (κ2) is 6.54. The Kier molecular flexibility index (Phi) is 4.75. The predicted octanol–water partition coefficient (Wildman–Crippen LogP) is 2.69. The van der Waals surface area contributed by atoms with Gasteiger partial charge in [0.15, 0.2) is 5.82 Å². The van der Waals surface area contributed by atoms with Crippen LogP contribution in [-0.4, -0.2) is 27.2 Å². The quantitative estimate of drug-likeness (QED) is 0.760. The molecule has 112 valence electrons. The molecule has 4 N–H and O–H groups in total. The molecule has 0 amide bonds. The molecule has 5 heteroatoms. The summed E-state index contributed by atoms with van der Waals surface area (Å²) in [6.45, 7) is 4.26. The Bertz CT molecular complexity index is 588. The van der Waals surface area contributed by atoms with E-state index < -0.39 is 0 Å². The van der Waals surface area contributed by atoms with Gasteiger partial charge >= 0.3 is 0 Å². The first-order chi connectivity index (χ1) is 10.1. The van der Waals surface area contributed by atoms with Crippen molar-refractivity contribution in [3.8, 4) is 11.4 Å². The van der Waals surface area contributed by atoms with E-state index in [1.54, 1.807) is 6.07 Å². The van der Waals surface area contributed by atoms with Gasteiger partial charge in [-0.1, -0.05) is 37.3 Å². The highest BCUT2D eigenvalue weighted by Gasteiger charge is 2.22. The molecule has 1 atom stereocenters. The smallest absolute Gasteiger partial charge is 0.163 e. The van der Waals surface area contributed by atoms with E-state index >= 15 is 0 Å². The van der Waals surface area contributed by atoms with Crippen molar-refractivity contribution in [2.45, 2.75) is 32.2 Å². The fraction of sp³-hybridized carbons (Fsp3) is 0.375. The summed E-state index contributed by atoms with van der Waals surface area (Å²) in [4.78, 5) is 8.82. The normalized spacial score (nSPS) is 13.7. The van der Waals surface area contributed by atoms with Crippen LogP contribution < -0.4 is 11.1 Å². The predicted molar refractivity (Wildman–Crippen MR) is 85.9 cm³/mol. The van der Waals surface area contributed by atoms with Gasteiger partial charge in [0, 0.05) is 23.8 Å². The summed E-state index contributed by atoms with van der Waals surface area (Å²) in [6.07, 6.45) is 1.52. The summed E-state index contributed by atoms with van der Waals surface area (Å²) in [5.74, 6) is 1.70. The molecule has 21 heavy (non-hydrogen) atoms. The molecule has 0 spiro atoms. The van der Waals surface area contributed by atoms with Crippen molar-refractivity contribution in [1.29, 1.82) is 0 Å². The van der Waals surface area contributed by atoms with Gasteiger partial charge in [-0.05, 0) is 19.8 Å². The Morgan fingerprint density at radius 2 is 1.95 bits per heavy atom. The summed E-state index contributed by atoms with van der Waals surface area (Å²) in [5.41, 5.74) is 6.60. The minimum atomic E-state index is -0.219. The monoisotopic (exact) mass is 286 g/mol. The molecule has 0 bridgehead atoms. The van der Waals surface area contributed by atoms with E-state index in [4.69, 9.17) is 5.73 Å². The zero-order chi connectivity index (χ0) is 15.3. The third-order valence-electron chi connectivity index (χ3n) is 3.65. The number of aliphatic hydroxyl groups excluding tert-OH is 1. The van der Waals surface area contributed by atoms with E-state index in [9.17, 15) is 5.11 Å². The lowest BCUT2D eigenvalue weighted by atomic mass is 9.95. The highest BCUT2D eigenvalue weighted by Crippen LogP contribution is 2.24. The molecule has 5 nitrogen and oxygen atoms in total. The van der Waals surface area contributed by atoms with E-state index in [-0.39, 0.29) is 12.1 Å². The molecule has 2 aromatic rings. The highest BCUT2D eigenvalue weighted by molar-refractivity contribution is 5.60. The second-order valence-electron chi connectivity index (χ2n) is 5.38. The van der Waals surface area contributed by atoms with Crippen molar-refractivity contribution in [3.05, 3.63) is 36.4 Å². The lowest BCUT2D eigenvalue weighted by Gasteiger charge is -2.29. The first-order valence-corrected chi connectivity index (χ1v) is 7.15. The van der Waals surface area contributed by atoms with E-state index in [1.807, 2.05) is 30.3 Å². The molecule has 0 aliphatic carbocycles. The van der Waals surface area contributed by atoms with Gasteiger partial charge in [-0.25, -0.2) is 9.97 Å². The number of hydrogen-bond acceptors (Lipinski definition) is 5. The second-order valence-corrected chi connectivity index (χ2v) is 5.38. The van der Waals surface area contributed by atoms with Crippen LogP contribution in [0, 0.1) is 0 Å². The van der Waals surface area contributed by atoms with Crippen LogP contribution in [0.5, 0.6) is 0 Å². The van der Waals surface area contributed by atoms with E-state index in [1.165, 1.54) is 0 Å². The minimum Gasteiger partial charge on any atom is -0.396 e. The molecule has 1 aromatic heterocycles. The fourth-order valence-corrected chi connectivity index (χ4v) is 2.13. The Labute approximate surface area is 125 Å². The van der Waals surface area contributed by atoms with E-state index in [0.717, 1.165) is 12.0 Å². The third kappa shape index (κ3) is 3.92. The molecule has 0 radical (unpaired) electrons. The minimum absolute atomic E-state index is 0.128. The van der Waals surface area contributed by atoms with Crippen LogP contribution in [0.15, 0.2) is 36.4 Å². The number of aliphatic hydroxyl groups is 1. The zero-order valence-corrected chi connectivity index (χ0v) is 12.5. The van der Waals surface area contributed by atoms with Gasteiger partial charge in [0.05, 0.1) is 0 Å². The molecule has 0 aliphatic heterocycles. The summed E-state index contributed by atoms with van der Waals surface area (Å²) in [5, 5.41) is 12.6. The Morgan fingerprint density at radius 1 is 1.24 bits per heavy atom. The van der Waals surface area contributed by atoms with Crippen molar-refractivity contribution >= 4 is 11.6 Å². The van der Waals surface area contributed by atoms with Crippen LogP contribution in [0.25, 0.3) is 11.4 Å². The van der Waals surface area contributed by atoms with Gasteiger partial charge in [-0.3, -0.25) is 0 Å². The number of rotatable bonds is 6. The number of nitrogen functional groups attached to an aromatic ring is 1. The van der Waals surface area contributed by atoms with Crippen LogP contribution >= 0.6 is 0 Å². The fourth-order valence-electron chi connectivity index (χ4n) is 2.13. The lowest BCUT2D eigenvalue weighted by Crippen LogP contribution is -2.35. The average Bonchev–Trinajstić information content (AvgIpc) is 2.48. The first kappa shape index (κ1) is 15.3. The number of nitrogens with one attached hydrogen (secondary N) is 1. The molecule has 0 saturated carbocycles. The van der Waals surface area contributed by atoms with Crippen LogP contribution in [0.4, 0.5) is 11.6 Å². The molecule has 1 heterocycles. The third-order valence-corrected chi connectivity index (χ3v) is 3.65. The first-order valence-electron chi connectivity index (χ1n) is 7.15. The Morgan fingerprint density at radius 3 is 2.57 bits per heavy atom. The molecule has 1 aromatic carbocycles. The number of nitrogens with zero attached hydrogens (tertiary/aromatic N) is 2. The average molecular weight is 286 g/mol. The van der Waals surface area contributed by atoms with Crippen molar-refractivity contribution < 1.29 is 5.11 Å². The lowest BCUT2D eigenvalue weighted by molar-refractivity contribution is 0.252. The van der Waals surface area contributed by atoms with Crippen molar-refractivity contribution in [2.24, 2.45) is 0 Å². The Hall–Kier alpha value is -2.14. The summed E-state index contributed by atoms with van der Waals surface area (Å²) in [6, 6.07) is 11.5. The van der Waals surface area contributed by atoms with Gasteiger partial charge in [0.1, 0.15) is 11.6 Å². The van der Waals surface area contributed by atoms with E-state index in [0.29, 0.717) is 23.9 Å². The molecular formula is C16H22N4O. The molecule has 0 fully saturated rings. The zero-order valence-electron chi connectivity index (χ0n) is 12.5. The summed E-state index contributed by atoms with van der Waals surface area (Å²) in [7, 11) is 0. The van der Waals surface area contributed by atoms with Gasteiger partial charge in [0.25, 0.3) is 0 Å².